The largest absolute Gasteiger partial charge is 0.312 e. The average Bonchev–Trinajstić information content (AvgIpc) is 2.27. The van der Waals surface area contributed by atoms with Gasteiger partial charge in [-0.05, 0) is 42.8 Å². The van der Waals surface area contributed by atoms with Gasteiger partial charge in [0.2, 0.25) is 0 Å². The van der Waals surface area contributed by atoms with Crippen molar-refractivity contribution in [3.63, 3.8) is 0 Å². The van der Waals surface area contributed by atoms with Crippen LogP contribution in [0, 0.1) is 0 Å². The maximum absolute atomic E-state index is 5.91. The Bertz CT molecular complexity index is 325. The standard InChI is InChI=1S/C11H16N2S/c1-13-11(12)9-4-5-10-8(7-9)3-2-6-14-10/h4-5,7,11,13H,2-3,6,12H2,1H3. The minimum atomic E-state index is -0.0350. The molecule has 0 fully saturated rings. The molecule has 1 atom stereocenters. The van der Waals surface area contributed by atoms with Crippen LogP contribution in [0.15, 0.2) is 23.1 Å². The predicted octanol–water partition coefficient (Wildman–Crippen LogP) is 1.90. The first kappa shape index (κ1) is 10.0. The first-order valence-electron chi connectivity index (χ1n) is 5.00. The summed E-state index contributed by atoms with van der Waals surface area (Å²) in [5, 5.41) is 3.06. The van der Waals surface area contributed by atoms with E-state index in [0.29, 0.717) is 0 Å². The highest BCUT2D eigenvalue weighted by atomic mass is 32.2. The molecule has 76 valence electrons. The van der Waals surface area contributed by atoms with Crippen LogP contribution in [0.2, 0.25) is 0 Å². The molecular formula is C11H16N2S. The average molecular weight is 208 g/mol. The van der Waals surface area contributed by atoms with Crippen LogP contribution in [-0.2, 0) is 6.42 Å². The molecule has 2 nitrogen and oxygen atoms in total. The molecule has 1 unspecified atom stereocenters. The summed E-state index contributed by atoms with van der Waals surface area (Å²) in [6.45, 7) is 0. The fraction of sp³-hybridized carbons (Fsp3) is 0.455. The third-order valence-electron chi connectivity index (χ3n) is 2.60. The normalized spacial score (nSPS) is 17.6. The lowest BCUT2D eigenvalue weighted by atomic mass is 10.0. The van der Waals surface area contributed by atoms with Crippen molar-refractivity contribution >= 4 is 11.8 Å². The van der Waals surface area contributed by atoms with Crippen LogP contribution in [0.1, 0.15) is 23.7 Å². The van der Waals surface area contributed by atoms with E-state index >= 15 is 0 Å². The molecule has 3 heteroatoms. The van der Waals surface area contributed by atoms with Crippen molar-refractivity contribution in [1.29, 1.82) is 0 Å². The van der Waals surface area contributed by atoms with Gasteiger partial charge in [-0.3, -0.25) is 0 Å². The van der Waals surface area contributed by atoms with Crippen molar-refractivity contribution in [3.05, 3.63) is 29.3 Å². The van der Waals surface area contributed by atoms with Crippen LogP contribution >= 0.6 is 11.8 Å². The van der Waals surface area contributed by atoms with Gasteiger partial charge in [0, 0.05) is 4.90 Å². The first-order valence-corrected chi connectivity index (χ1v) is 5.98. The third kappa shape index (κ3) is 1.95. The number of hydrogen-bond donors (Lipinski definition) is 2. The van der Waals surface area contributed by atoms with Crippen LogP contribution in [-0.4, -0.2) is 12.8 Å². The van der Waals surface area contributed by atoms with E-state index in [9.17, 15) is 0 Å². The van der Waals surface area contributed by atoms with Crippen molar-refractivity contribution in [2.45, 2.75) is 23.9 Å². The molecule has 0 amide bonds. The van der Waals surface area contributed by atoms with Gasteiger partial charge in [0.25, 0.3) is 0 Å². The summed E-state index contributed by atoms with van der Waals surface area (Å²) in [4.78, 5) is 1.43. The minimum Gasteiger partial charge on any atom is -0.312 e. The zero-order chi connectivity index (χ0) is 9.97. The van der Waals surface area contributed by atoms with E-state index in [1.807, 2.05) is 18.8 Å². The lowest BCUT2D eigenvalue weighted by Crippen LogP contribution is -2.25. The van der Waals surface area contributed by atoms with E-state index in [4.69, 9.17) is 5.73 Å². The molecule has 3 N–H and O–H groups in total. The summed E-state index contributed by atoms with van der Waals surface area (Å²) < 4.78 is 0. The van der Waals surface area contributed by atoms with Crippen LogP contribution in [0.4, 0.5) is 0 Å². The van der Waals surface area contributed by atoms with Crippen molar-refractivity contribution in [2.75, 3.05) is 12.8 Å². The van der Waals surface area contributed by atoms with Crippen molar-refractivity contribution in [3.8, 4) is 0 Å². The van der Waals surface area contributed by atoms with Crippen LogP contribution in [0.3, 0.4) is 0 Å². The number of nitrogens with one attached hydrogen (secondary N) is 1. The topological polar surface area (TPSA) is 38.0 Å². The van der Waals surface area contributed by atoms with Gasteiger partial charge in [-0.1, -0.05) is 12.1 Å². The smallest absolute Gasteiger partial charge is 0.0807 e. The Morgan fingerprint density at radius 2 is 2.36 bits per heavy atom. The Kier molecular flexibility index (Phi) is 3.11. The van der Waals surface area contributed by atoms with Gasteiger partial charge in [-0.2, -0.15) is 0 Å². The highest BCUT2D eigenvalue weighted by Gasteiger charge is 2.11. The van der Waals surface area contributed by atoms with Crippen molar-refractivity contribution < 1.29 is 0 Å². The molecule has 1 aliphatic rings. The van der Waals surface area contributed by atoms with Crippen molar-refractivity contribution in [1.82, 2.24) is 5.32 Å². The van der Waals surface area contributed by atoms with Crippen molar-refractivity contribution in [2.24, 2.45) is 5.73 Å². The zero-order valence-electron chi connectivity index (χ0n) is 8.42. The molecule has 0 radical (unpaired) electrons. The molecule has 1 aliphatic heterocycles. The second-order valence-electron chi connectivity index (χ2n) is 3.59. The molecule has 2 rings (SSSR count). The molecule has 14 heavy (non-hydrogen) atoms. The maximum atomic E-state index is 5.91. The molecule has 0 spiro atoms. The third-order valence-corrected chi connectivity index (χ3v) is 3.80. The molecule has 0 aromatic heterocycles. The summed E-state index contributed by atoms with van der Waals surface area (Å²) >= 11 is 1.96. The Morgan fingerprint density at radius 1 is 1.50 bits per heavy atom. The number of rotatable bonds is 2. The lowest BCUT2D eigenvalue weighted by Gasteiger charge is -2.18. The second kappa shape index (κ2) is 4.34. The van der Waals surface area contributed by atoms with E-state index in [0.717, 1.165) is 0 Å². The number of thioether (sulfide) groups is 1. The Hall–Kier alpha value is -0.510. The summed E-state index contributed by atoms with van der Waals surface area (Å²) in [7, 11) is 1.89. The van der Waals surface area contributed by atoms with Gasteiger partial charge in [0.1, 0.15) is 0 Å². The summed E-state index contributed by atoms with van der Waals surface area (Å²) in [5.41, 5.74) is 8.56. The van der Waals surface area contributed by atoms with Gasteiger partial charge in [-0.15, -0.1) is 11.8 Å². The predicted molar refractivity (Wildman–Crippen MR) is 61.5 cm³/mol. The molecule has 0 bridgehead atoms. The number of fused-ring (bicyclic) bond motifs is 1. The molecule has 0 saturated carbocycles. The number of nitrogens with two attached hydrogens (primary N) is 1. The molecular weight excluding hydrogens is 192 g/mol. The quantitative estimate of drug-likeness (QED) is 0.729. The molecule has 0 aliphatic carbocycles. The highest BCUT2D eigenvalue weighted by molar-refractivity contribution is 7.99. The number of hydrogen-bond acceptors (Lipinski definition) is 3. The Balaban J connectivity index is 2.29. The van der Waals surface area contributed by atoms with Crippen LogP contribution in [0.25, 0.3) is 0 Å². The highest BCUT2D eigenvalue weighted by Crippen LogP contribution is 2.31. The van der Waals surface area contributed by atoms with E-state index in [-0.39, 0.29) is 6.17 Å². The lowest BCUT2D eigenvalue weighted by molar-refractivity contribution is 0.620. The SMILES string of the molecule is CNC(N)c1ccc2c(c1)CCCS2. The second-order valence-corrected chi connectivity index (χ2v) is 4.72. The Labute approximate surface area is 89.3 Å². The summed E-state index contributed by atoms with van der Waals surface area (Å²) in [6.07, 6.45) is 2.45. The minimum absolute atomic E-state index is 0.0350. The molecule has 1 heterocycles. The van der Waals surface area contributed by atoms with Gasteiger partial charge in [0.15, 0.2) is 0 Å². The van der Waals surface area contributed by atoms with Gasteiger partial charge in [0.05, 0.1) is 6.17 Å². The van der Waals surface area contributed by atoms with E-state index in [1.54, 1.807) is 0 Å². The number of benzene rings is 1. The van der Waals surface area contributed by atoms with Gasteiger partial charge in [-0.25, -0.2) is 0 Å². The molecule has 1 aromatic carbocycles. The fourth-order valence-corrected chi connectivity index (χ4v) is 2.76. The van der Waals surface area contributed by atoms with Crippen LogP contribution < -0.4 is 11.1 Å². The van der Waals surface area contributed by atoms with Gasteiger partial charge >= 0.3 is 0 Å². The fourth-order valence-electron chi connectivity index (χ4n) is 1.74. The first-order chi connectivity index (χ1) is 6.81. The van der Waals surface area contributed by atoms with Crippen LogP contribution in [0.5, 0.6) is 0 Å². The molecule has 0 saturated heterocycles. The zero-order valence-corrected chi connectivity index (χ0v) is 9.23. The summed E-state index contributed by atoms with van der Waals surface area (Å²) in [5.74, 6) is 1.25. The number of aryl methyl sites for hydroxylation is 1. The van der Waals surface area contributed by atoms with E-state index < -0.39 is 0 Å². The Morgan fingerprint density at radius 3 is 3.14 bits per heavy atom. The monoisotopic (exact) mass is 208 g/mol. The maximum Gasteiger partial charge on any atom is 0.0807 e. The van der Waals surface area contributed by atoms with E-state index in [1.165, 1.54) is 34.6 Å². The summed E-state index contributed by atoms with van der Waals surface area (Å²) in [6, 6.07) is 6.56. The van der Waals surface area contributed by atoms with E-state index in [2.05, 4.69) is 23.5 Å². The van der Waals surface area contributed by atoms with Gasteiger partial charge < -0.3 is 11.1 Å². The molecule has 1 aromatic rings.